The number of rotatable bonds is 3. The molecular formula is C14H16N4O. The van der Waals surface area contributed by atoms with Crippen LogP contribution in [-0.2, 0) is 17.8 Å². The van der Waals surface area contributed by atoms with Gasteiger partial charge in [0.25, 0.3) is 0 Å². The van der Waals surface area contributed by atoms with Crippen molar-refractivity contribution < 1.29 is 4.79 Å². The number of benzene rings is 1. The molecule has 1 aliphatic rings. The van der Waals surface area contributed by atoms with Gasteiger partial charge in [0.2, 0.25) is 5.91 Å². The number of carbonyl (C=O) groups is 1. The molecule has 0 fully saturated rings. The molecule has 1 amide bonds. The van der Waals surface area contributed by atoms with Crippen molar-refractivity contribution in [1.82, 2.24) is 9.78 Å². The normalized spacial score (nSPS) is 16.8. The molecule has 1 aromatic heterocycles. The van der Waals surface area contributed by atoms with Crippen LogP contribution in [0.1, 0.15) is 12.5 Å². The summed E-state index contributed by atoms with van der Waals surface area (Å²) in [6, 6.07) is 7.80. The molecule has 2 aromatic rings. The number of anilines is 2. The number of nitrogens with zero attached hydrogens (tertiary/aromatic N) is 2. The Morgan fingerprint density at radius 2 is 2.37 bits per heavy atom. The van der Waals surface area contributed by atoms with Gasteiger partial charge < -0.3 is 10.6 Å². The van der Waals surface area contributed by atoms with Gasteiger partial charge in [0, 0.05) is 24.8 Å². The van der Waals surface area contributed by atoms with Gasteiger partial charge in [0.15, 0.2) is 0 Å². The molecule has 0 radical (unpaired) electrons. The molecule has 0 bridgehead atoms. The first-order valence-corrected chi connectivity index (χ1v) is 6.44. The summed E-state index contributed by atoms with van der Waals surface area (Å²) in [6.07, 6.45) is 4.23. The molecule has 1 aliphatic heterocycles. The molecule has 3 rings (SSSR count). The van der Waals surface area contributed by atoms with E-state index in [2.05, 4.69) is 15.7 Å². The summed E-state index contributed by atoms with van der Waals surface area (Å²) in [5.74, 6) is -0.0214. The maximum absolute atomic E-state index is 12.2. The Balaban J connectivity index is 1.66. The van der Waals surface area contributed by atoms with E-state index in [1.165, 1.54) is 5.56 Å². The first kappa shape index (κ1) is 11.8. The number of nitrogens with one attached hydrogen (secondary N) is 2. The van der Waals surface area contributed by atoms with Gasteiger partial charge in [0.1, 0.15) is 6.04 Å². The first-order valence-electron chi connectivity index (χ1n) is 6.44. The Morgan fingerprint density at radius 3 is 3.11 bits per heavy atom. The fourth-order valence-corrected chi connectivity index (χ4v) is 2.29. The Morgan fingerprint density at radius 1 is 1.53 bits per heavy atom. The average Bonchev–Trinajstić information content (AvgIpc) is 3.04. The molecule has 1 atom stereocenters. The van der Waals surface area contributed by atoms with Gasteiger partial charge in [-0.3, -0.25) is 9.48 Å². The summed E-state index contributed by atoms with van der Waals surface area (Å²) >= 11 is 0. The predicted octanol–water partition coefficient (Wildman–Crippen LogP) is 1.88. The molecular weight excluding hydrogens is 240 g/mol. The smallest absolute Gasteiger partial charge is 0.247 e. The van der Waals surface area contributed by atoms with E-state index < -0.39 is 0 Å². The summed E-state index contributed by atoms with van der Waals surface area (Å²) in [4.78, 5) is 12.2. The zero-order valence-corrected chi connectivity index (χ0v) is 10.8. The van der Waals surface area contributed by atoms with Gasteiger partial charge in [-0.05, 0) is 18.6 Å². The second-order valence-electron chi connectivity index (χ2n) is 4.63. The summed E-state index contributed by atoms with van der Waals surface area (Å²) in [6.45, 7) is 2.80. The second-order valence-corrected chi connectivity index (χ2v) is 4.63. The molecule has 2 N–H and O–H groups in total. The third-order valence-corrected chi connectivity index (χ3v) is 3.31. The number of fused-ring (bicyclic) bond motifs is 1. The molecule has 0 spiro atoms. The number of carbonyl (C=O) groups excluding carboxylic acids is 1. The van der Waals surface area contributed by atoms with Crippen molar-refractivity contribution >= 4 is 17.3 Å². The lowest BCUT2D eigenvalue weighted by Gasteiger charge is -2.10. The maximum atomic E-state index is 12.2. The van der Waals surface area contributed by atoms with E-state index in [0.29, 0.717) is 0 Å². The fraction of sp³-hybridized carbons (Fsp3) is 0.286. The van der Waals surface area contributed by atoms with Crippen molar-refractivity contribution in [2.75, 3.05) is 10.6 Å². The van der Waals surface area contributed by atoms with Crippen LogP contribution in [0.2, 0.25) is 0 Å². The SMILES string of the molecule is CCn1cc(NC(=O)[C@@H]2Cc3ccccc3N2)cn1. The van der Waals surface area contributed by atoms with E-state index in [1.54, 1.807) is 10.9 Å². The highest BCUT2D eigenvalue weighted by Crippen LogP contribution is 2.25. The van der Waals surface area contributed by atoms with Crippen LogP contribution >= 0.6 is 0 Å². The molecule has 0 aliphatic carbocycles. The summed E-state index contributed by atoms with van der Waals surface area (Å²) in [7, 11) is 0. The molecule has 2 heterocycles. The van der Waals surface area contributed by atoms with Crippen LogP contribution < -0.4 is 10.6 Å². The van der Waals surface area contributed by atoms with Gasteiger partial charge in [-0.15, -0.1) is 0 Å². The molecule has 1 aromatic carbocycles. The lowest BCUT2D eigenvalue weighted by atomic mass is 10.1. The minimum absolute atomic E-state index is 0.0214. The lowest BCUT2D eigenvalue weighted by Crippen LogP contribution is -2.32. The molecule has 0 saturated carbocycles. The molecule has 5 nitrogen and oxygen atoms in total. The van der Waals surface area contributed by atoms with E-state index in [4.69, 9.17) is 0 Å². The first-order chi connectivity index (χ1) is 9.26. The third kappa shape index (κ3) is 2.31. The highest BCUT2D eigenvalue weighted by molar-refractivity contribution is 5.97. The van der Waals surface area contributed by atoms with Crippen LogP contribution in [0.15, 0.2) is 36.7 Å². The van der Waals surface area contributed by atoms with E-state index in [1.807, 2.05) is 37.4 Å². The van der Waals surface area contributed by atoms with Crippen LogP contribution in [0.25, 0.3) is 0 Å². The number of hydrogen-bond acceptors (Lipinski definition) is 3. The van der Waals surface area contributed by atoms with Crippen molar-refractivity contribution in [2.45, 2.75) is 25.9 Å². The van der Waals surface area contributed by atoms with E-state index in [9.17, 15) is 4.79 Å². The lowest BCUT2D eigenvalue weighted by molar-refractivity contribution is -0.116. The van der Waals surface area contributed by atoms with Crippen LogP contribution in [0.3, 0.4) is 0 Å². The predicted molar refractivity (Wildman–Crippen MR) is 74.1 cm³/mol. The zero-order chi connectivity index (χ0) is 13.2. The third-order valence-electron chi connectivity index (χ3n) is 3.31. The number of para-hydroxylation sites is 1. The summed E-state index contributed by atoms with van der Waals surface area (Å²) < 4.78 is 1.78. The number of aromatic nitrogens is 2. The number of hydrogen-bond donors (Lipinski definition) is 2. The van der Waals surface area contributed by atoms with Gasteiger partial charge in [-0.2, -0.15) is 5.10 Å². The maximum Gasteiger partial charge on any atom is 0.247 e. The molecule has 19 heavy (non-hydrogen) atoms. The molecule has 0 saturated heterocycles. The van der Waals surface area contributed by atoms with Gasteiger partial charge in [0.05, 0.1) is 11.9 Å². The Bertz CT molecular complexity index is 580. The Labute approximate surface area is 111 Å². The highest BCUT2D eigenvalue weighted by atomic mass is 16.2. The van der Waals surface area contributed by atoms with E-state index in [0.717, 1.165) is 24.3 Å². The van der Waals surface area contributed by atoms with Gasteiger partial charge in [-0.25, -0.2) is 0 Å². The molecule has 5 heteroatoms. The van der Waals surface area contributed by atoms with Crippen LogP contribution in [-0.4, -0.2) is 21.7 Å². The zero-order valence-electron chi connectivity index (χ0n) is 10.8. The van der Waals surface area contributed by atoms with Gasteiger partial charge >= 0.3 is 0 Å². The molecule has 0 unspecified atom stereocenters. The average molecular weight is 256 g/mol. The summed E-state index contributed by atoms with van der Waals surface area (Å²) in [5.41, 5.74) is 2.98. The van der Waals surface area contributed by atoms with Crippen molar-refractivity contribution in [3.8, 4) is 0 Å². The largest absolute Gasteiger partial charge is 0.373 e. The highest BCUT2D eigenvalue weighted by Gasteiger charge is 2.26. The minimum atomic E-state index is -0.206. The van der Waals surface area contributed by atoms with E-state index in [-0.39, 0.29) is 11.9 Å². The van der Waals surface area contributed by atoms with Crippen LogP contribution in [0.4, 0.5) is 11.4 Å². The summed E-state index contributed by atoms with van der Waals surface area (Å²) in [5, 5.41) is 10.3. The van der Waals surface area contributed by atoms with Crippen molar-refractivity contribution in [2.24, 2.45) is 0 Å². The Hall–Kier alpha value is -2.30. The second kappa shape index (κ2) is 4.76. The Kier molecular flexibility index (Phi) is 2.95. The molecule has 98 valence electrons. The standard InChI is InChI=1S/C14H16N4O/c1-2-18-9-11(8-15-18)16-14(19)13-7-10-5-3-4-6-12(10)17-13/h3-6,8-9,13,17H,2,7H2,1H3,(H,16,19)/t13-/m0/s1. The quantitative estimate of drug-likeness (QED) is 0.881. The fourth-order valence-electron chi connectivity index (χ4n) is 2.29. The number of aryl methyl sites for hydroxylation is 1. The number of amides is 1. The van der Waals surface area contributed by atoms with Crippen LogP contribution in [0, 0.1) is 0 Å². The van der Waals surface area contributed by atoms with E-state index >= 15 is 0 Å². The van der Waals surface area contributed by atoms with Crippen molar-refractivity contribution in [3.63, 3.8) is 0 Å². The van der Waals surface area contributed by atoms with Crippen molar-refractivity contribution in [1.29, 1.82) is 0 Å². The monoisotopic (exact) mass is 256 g/mol. The van der Waals surface area contributed by atoms with Gasteiger partial charge in [-0.1, -0.05) is 18.2 Å². The topological polar surface area (TPSA) is 59.0 Å². The minimum Gasteiger partial charge on any atom is -0.373 e. The van der Waals surface area contributed by atoms with Crippen molar-refractivity contribution in [3.05, 3.63) is 42.2 Å². The van der Waals surface area contributed by atoms with Crippen LogP contribution in [0.5, 0.6) is 0 Å².